The molecule has 0 radical (unpaired) electrons. The van der Waals surface area contributed by atoms with E-state index in [1.807, 2.05) is 42.5 Å². The van der Waals surface area contributed by atoms with E-state index < -0.39 is 0 Å². The zero-order valence-corrected chi connectivity index (χ0v) is 10.2. The highest BCUT2D eigenvalue weighted by molar-refractivity contribution is 7.80. The molecule has 0 aliphatic heterocycles. The van der Waals surface area contributed by atoms with Gasteiger partial charge in [-0.15, -0.1) is 12.6 Å². The van der Waals surface area contributed by atoms with Gasteiger partial charge in [-0.3, -0.25) is 0 Å². The lowest BCUT2D eigenvalue weighted by Crippen LogP contribution is -1.83. The average Bonchev–Trinajstić information content (AvgIpc) is 2.23. The van der Waals surface area contributed by atoms with Crippen molar-refractivity contribution in [2.45, 2.75) is 9.79 Å². The highest BCUT2D eigenvalue weighted by Gasteiger charge is 2.03. The summed E-state index contributed by atoms with van der Waals surface area (Å²) in [6.45, 7) is 0. The van der Waals surface area contributed by atoms with Crippen molar-refractivity contribution in [3.63, 3.8) is 0 Å². The zero-order valence-electron chi connectivity index (χ0n) is 7.77. The van der Waals surface area contributed by atoms with Crippen LogP contribution in [-0.2, 0) is 12.6 Å². The first-order valence-corrected chi connectivity index (χ1v) is 5.67. The number of hydrogen-bond donors (Lipinski definition) is 1. The molecule has 0 aliphatic carbocycles. The Bertz CT molecular complexity index is 495. The minimum absolute atomic E-state index is 0.699. The third kappa shape index (κ3) is 2.28. The highest BCUT2D eigenvalue weighted by Crippen LogP contribution is 2.32. The van der Waals surface area contributed by atoms with Gasteiger partial charge in [0.1, 0.15) is 0 Å². The Hall–Kier alpha value is -0.700. The zero-order chi connectivity index (χ0) is 10.8. The molecule has 0 atom stereocenters. The predicted octanol–water partition coefficient (Wildman–Crippen LogP) is 4.20. The minimum Gasteiger partial charge on any atom is -0.779 e. The lowest BCUT2D eigenvalue weighted by molar-refractivity contribution is 1.41. The van der Waals surface area contributed by atoms with E-state index in [1.165, 1.54) is 0 Å². The van der Waals surface area contributed by atoms with E-state index in [-0.39, 0.29) is 0 Å². The Kier molecular flexibility index (Phi) is 3.19. The van der Waals surface area contributed by atoms with E-state index in [0.717, 1.165) is 20.9 Å². The number of benzene rings is 2. The van der Waals surface area contributed by atoms with Gasteiger partial charge in [-0.2, -0.15) is 4.90 Å². The highest BCUT2D eigenvalue weighted by atomic mass is 35.5. The van der Waals surface area contributed by atoms with Crippen molar-refractivity contribution in [3.8, 4) is 11.1 Å². The van der Waals surface area contributed by atoms with Crippen LogP contribution in [0.2, 0.25) is 5.02 Å². The van der Waals surface area contributed by atoms with Crippen LogP contribution in [0.25, 0.3) is 11.1 Å². The number of thiol groups is 1. The summed E-state index contributed by atoms with van der Waals surface area (Å²) in [5, 5.41) is 0.699. The maximum absolute atomic E-state index is 6.12. The van der Waals surface area contributed by atoms with E-state index in [2.05, 4.69) is 12.6 Å². The molecule has 15 heavy (non-hydrogen) atoms. The molecule has 76 valence electrons. The molecule has 2 aromatic rings. The van der Waals surface area contributed by atoms with Crippen molar-refractivity contribution in [1.82, 2.24) is 0 Å². The molecule has 0 spiro atoms. The lowest BCUT2D eigenvalue weighted by Gasteiger charge is -2.14. The molecule has 0 fully saturated rings. The molecule has 0 aliphatic rings. The second-order valence-electron chi connectivity index (χ2n) is 3.16. The Morgan fingerprint density at radius 3 is 2.47 bits per heavy atom. The standard InChI is InChI=1S/C12H9ClS2/c13-11-6-5-8(14)7-10(11)9-3-1-2-4-12(9)15/h1-7,14-15H/p-1. The van der Waals surface area contributed by atoms with Crippen molar-refractivity contribution in [2.75, 3.05) is 0 Å². The van der Waals surface area contributed by atoms with Gasteiger partial charge < -0.3 is 12.6 Å². The topological polar surface area (TPSA) is 0 Å². The molecule has 0 unspecified atom stereocenters. The van der Waals surface area contributed by atoms with E-state index in [9.17, 15) is 0 Å². The fourth-order valence-electron chi connectivity index (χ4n) is 1.41. The molecule has 3 heteroatoms. The third-order valence-corrected chi connectivity index (χ3v) is 3.09. The summed E-state index contributed by atoms with van der Waals surface area (Å²) in [7, 11) is 0. The lowest BCUT2D eigenvalue weighted by atomic mass is 10.1. The van der Waals surface area contributed by atoms with Gasteiger partial charge in [0.25, 0.3) is 0 Å². The molecule has 0 aromatic heterocycles. The van der Waals surface area contributed by atoms with Gasteiger partial charge in [0.2, 0.25) is 0 Å². The summed E-state index contributed by atoms with van der Waals surface area (Å²) in [5.74, 6) is 0. The van der Waals surface area contributed by atoms with Crippen LogP contribution in [0.5, 0.6) is 0 Å². The van der Waals surface area contributed by atoms with Crippen molar-refractivity contribution in [3.05, 3.63) is 47.5 Å². The molecule has 0 N–H and O–H groups in total. The summed E-state index contributed by atoms with van der Waals surface area (Å²) < 4.78 is 0. The molecule has 2 rings (SSSR count). The van der Waals surface area contributed by atoms with Crippen LogP contribution in [-0.4, -0.2) is 0 Å². The van der Waals surface area contributed by atoms with Gasteiger partial charge in [0.15, 0.2) is 0 Å². The Morgan fingerprint density at radius 1 is 1.00 bits per heavy atom. The molecule has 0 heterocycles. The monoisotopic (exact) mass is 251 g/mol. The van der Waals surface area contributed by atoms with Gasteiger partial charge in [-0.05, 0) is 29.3 Å². The summed E-state index contributed by atoms with van der Waals surface area (Å²) in [6, 6.07) is 13.4. The van der Waals surface area contributed by atoms with Crippen LogP contribution >= 0.6 is 24.2 Å². The van der Waals surface area contributed by atoms with Crippen LogP contribution in [0.15, 0.2) is 52.3 Å². The maximum atomic E-state index is 6.12. The van der Waals surface area contributed by atoms with Crippen molar-refractivity contribution < 1.29 is 0 Å². The molecule has 0 nitrogen and oxygen atoms in total. The third-order valence-electron chi connectivity index (χ3n) is 2.13. The van der Waals surface area contributed by atoms with E-state index in [4.69, 9.17) is 24.2 Å². The van der Waals surface area contributed by atoms with Gasteiger partial charge in [-0.25, -0.2) is 0 Å². The largest absolute Gasteiger partial charge is 0.779 e. The smallest absolute Gasteiger partial charge is 0.0484 e. The number of halogens is 1. The van der Waals surface area contributed by atoms with Crippen LogP contribution in [0.4, 0.5) is 0 Å². The first-order chi connectivity index (χ1) is 7.18. The number of hydrogen-bond acceptors (Lipinski definition) is 2. The van der Waals surface area contributed by atoms with Crippen LogP contribution in [0.3, 0.4) is 0 Å². The summed E-state index contributed by atoms with van der Waals surface area (Å²) in [6.07, 6.45) is 0. The molecular formula is C12H8ClS2-. The molecule has 0 amide bonds. The summed E-state index contributed by atoms with van der Waals surface area (Å²) >= 11 is 15.7. The van der Waals surface area contributed by atoms with Gasteiger partial charge in [0.05, 0.1) is 0 Å². The molecule has 0 bridgehead atoms. The molecule has 0 saturated carbocycles. The fourth-order valence-corrected chi connectivity index (χ4v) is 2.09. The predicted molar refractivity (Wildman–Crippen MR) is 69.8 cm³/mol. The Labute approximate surface area is 105 Å². The van der Waals surface area contributed by atoms with E-state index >= 15 is 0 Å². The van der Waals surface area contributed by atoms with E-state index in [1.54, 1.807) is 0 Å². The van der Waals surface area contributed by atoms with Crippen LogP contribution in [0, 0.1) is 0 Å². The van der Waals surface area contributed by atoms with Crippen LogP contribution < -0.4 is 0 Å². The molecule has 2 aromatic carbocycles. The molecule has 0 saturated heterocycles. The molecular weight excluding hydrogens is 244 g/mol. The Balaban J connectivity index is 2.64. The van der Waals surface area contributed by atoms with Crippen molar-refractivity contribution in [2.24, 2.45) is 0 Å². The average molecular weight is 252 g/mol. The van der Waals surface area contributed by atoms with Crippen molar-refractivity contribution in [1.29, 1.82) is 0 Å². The second-order valence-corrected chi connectivity index (χ2v) is 4.52. The van der Waals surface area contributed by atoms with Crippen molar-refractivity contribution >= 4 is 36.9 Å². The van der Waals surface area contributed by atoms with Gasteiger partial charge in [-0.1, -0.05) is 35.9 Å². The maximum Gasteiger partial charge on any atom is 0.0484 e. The summed E-state index contributed by atoms with van der Waals surface area (Å²) in [5.41, 5.74) is 1.92. The minimum atomic E-state index is 0.699. The number of rotatable bonds is 1. The fraction of sp³-hybridized carbons (Fsp3) is 0. The second kappa shape index (κ2) is 4.44. The van der Waals surface area contributed by atoms with Crippen LogP contribution in [0.1, 0.15) is 0 Å². The quantitative estimate of drug-likeness (QED) is 0.586. The first kappa shape index (κ1) is 10.8. The van der Waals surface area contributed by atoms with Gasteiger partial charge in [0, 0.05) is 9.92 Å². The van der Waals surface area contributed by atoms with E-state index in [0.29, 0.717) is 5.02 Å². The normalized spacial score (nSPS) is 10.3. The first-order valence-electron chi connectivity index (χ1n) is 4.43. The van der Waals surface area contributed by atoms with Gasteiger partial charge >= 0.3 is 0 Å². The SMILES string of the molecule is [S-]c1ccccc1-c1cc(S)ccc1Cl. The Morgan fingerprint density at radius 2 is 1.73 bits per heavy atom. The summed E-state index contributed by atoms with van der Waals surface area (Å²) in [4.78, 5) is 1.69.